The second kappa shape index (κ2) is 7.94. The van der Waals surface area contributed by atoms with Gasteiger partial charge in [0.05, 0.1) is 6.54 Å². The number of nitrogens with zero attached hydrogens (tertiary/aromatic N) is 1. The number of aromatic nitrogens is 1. The van der Waals surface area contributed by atoms with E-state index in [0.29, 0.717) is 44.3 Å². The fourth-order valence-electron chi connectivity index (χ4n) is 3.96. The van der Waals surface area contributed by atoms with Crippen LogP contribution in [-0.2, 0) is 9.59 Å². The molecule has 1 aliphatic heterocycles. The quantitative estimate of drug-likeness (QED) is 0.704. The van der Waals surface area contributed by atoms with Crippen LogP contribution >= 0.6 is 0 Å². The van der Waals surface area contributed by atoms with Crippen LogP contribution in [0.15, 0.2) is 10.9 Å². The lowest BCUT2D eigenvalue weighted by molar-refractivity contribution is -0.142. The highest BCUT2D eigenvalue weighted by atomic mass is 16.2. The highest BCUT2D eigenvalue weighted by molar-refractivity contribution is 5.95. The van der Waals surface area contributed by atoms with Crippen LogP contribution in [0.2, 0.25) is 0 Å². The van der Waals surface area contributed by atoms with Gasteiger partial charge in [-0.2, -0.15) is 0 Å². The molecule has 0 atom stereocenters. The summed E-state index contributed by atoms with van der Waals surface area (Å²) < 4.78 is 0. The van der Waals surface area contributed by atoms with Gasteiger partial charge >= 0.3 is 0 Å². The molecule has 8 heteroatoms. The lowest BCUT2D eigenvalue weighted by atomic mass is 9.85. The number of piperazine rings is 1. The Kier molecular flexibility index (Phi) is 5.62. The monoisotopic (exact) mass is 374 g/mol. The summed E-state index contributed by atoms with van der Waals surface area (Å²) in [7, 11) is 0. The highest BCUT2D eigenvalue weighted by Crippen LogP contribution is 2.26. The van der Waals surface area contributed by atoms with Crippen molar-refractivity contribution >= 4 is 17.7 Å². The van der Waals surface area contributed by atoms with Crippen LogP contribution in [0.1, 0.15) is 47.3 Å². The molecular weight excluding hydrogens is 348 g/mol. The van der Waals surface area contributed by atoms with Crippen LogP contribution in [-0.4, -0.2) is 53.3 Å². The smallest absolute Gasteiger partial charge is 0.261 e. The van der Waals surface area contributed by atoms with Gasteiger partial charge in [0.25, 0.3) is 11.5 Å². The van der Waals surface area contributed by atoms with Gasteiger partial charge in [-0.1, -0.05) is 0 Å². The summed E-state index contributed by atoms with van der Waals surface area (Å²) >= 11 is 0. The molecule has 3 N–H and O–H groups in total. The zero-order chi connectivity index (χ0) is 19.6. The van der Waals surface area contributed by atoms with Crippen LogP contribution in [0.3, 0.4) is 0 Å². The van der Waals surface area contributed by atoms with Gasteiger partial charge in [-0.3, -0.25) is 19.2 Å². The Bertz CT molecular complexity index is 808. The molecule has 2 heterocycles. The van der Waals surface area contributed by atoms with Crippen molar-refractivity contribution in [1.29, 1.82) is 0 Å². The van der Waals surface area contributed by atoms with E-state index in [2.05, 4.69) is 15.6 Å². The Morgan fingerprint density at radius 1 is 1.15 bits per heavy atom. The maximum Gasteiger partial charge on any atom is 0.261 e. The molecule has 0 spiro atoms. The van der Waals surface area contributed by atoms with Crippen molar-refractivity contribution in [3.05, 3.63) is 33.2 Å². The minimum atomic E-state index is -0.378. The number of hydrogen-bond donors (Lipinski definition) is 3. The molecule has 1 aromatic rings. The van der Waals surface area contributed by atoms with Crippen LogP contribution in [0.5, 0.6) is 0 Å². The first-order valence-corrected chi connectivity index (χ1v) is 9.42. The Morgan fingerprint density at radius 2 is 1.85 bits per heavy atom. The molecule has 1 saturated heterocycles. The molecule has 8 nitrogen and oxygen atoms in total. The molecule has 1 aliphatic carbocycles. The van der Waals surface area contributed by atoms with Gasteiger partial charge < -0.3 is 20.5 Å². The van der Waals surface area contributed by atoms with E-state index in [1.807, 2.05) is 0 Å². The van der Waals surface area contributed by atoms with Crippen molar-refractivity contribution in [3.8, 4) is 0 Å². The number of nitrogens with one attached hydrogen (secondary N) is 3. The van der Waals surface area contributed by atoms with E-state index in [-0.39, 0.29) is 47.3 Å². The van der Waals surface area contributed by atoms with E-state index < -0.39 is 0 Å². The number of amides is 3. The Morgan fingerprint density at radius 3 is 2.48 bits per heavy atom. The average Bonchev–Trinajstić information content (AvgIpc) is 2.61. The maximum atomic E-state index is 12.6. The topological polar surface area (TPSA) is 111 Å². The SMILES string of the molecule is Cc1cc(C)c(C(=O)NC2CCC(C(=O)N3CCNC(=O)C3)CC2)c(=O)[nH]1. The predicted octanol–water partition coefficient (Wildman–Crippen LogP) is 0.239. The molecule has 2 aliphatic rings. The number of carbonyl (C=O) groups excluding carboxylic acids is 3. The third kappa shape index (κ3) is 4.37. The Balaban J connectivity index is 1.55. The number of aromatic amines is 1. The molecule has 0 unspecified atom stereocenters. The zero-order valence-electron chi connectivity index (χ0n) is 15.8. The van der Waals surface area contributed by atoms with Gasteiger partial charge in [-0.05, 0) is 51.2 Å². The summed E-state index contributed by atoms with van der Waals surface area (Å²) in [6.45, 7) is 4.71. The first kappa shape index (κ1) is 19.1. The number of hydrogen-bond acceptors (Lipinski definition) is 4. The van der Waals surface area contributed by atoms with Crippen LogP contribution in [0.25, 0.3) is 0 Å². The van der Waals surface area contributed by atoms with Gasteiger partial charge in [0.1, 0.15) is 5.56 Å². The van der Waals surface area contributed by atoms with Gasteiger partial charge in [-0.25, -0.2) is 0 Å². The molecule has 2 fully saturated rings. The third-order valence-corrected chi connectivity index (χ3v) is 5.35. The largest absolute Gasteiger partial charge is 0.353 e. The summed E-state index contributed by atoms with van der Waals surface area (Å²) in [6, 6.07) is 1.73. The molecule has 1 aromatic heterocycles. The van der Waals surface area contributed by atoms with Gasteiger partial charge in [0.15, 0.2) is 0 Å². The first-order chi connectivity index (χ1) is 12.8. The zero-order valence-corrected chi connectivity index (χ0v) is 15.8. The summed E-state index contributed by atoms with van der Waals surface area (Å²) in [5.74, 6) is -0.556. The minimum absolute atomic E-state index is 0.0282. The molecule has 27 heavy (non-hydrogen) atoms. The summed E-state index contributed by atoms with van der Waals surface area (Å²) in [5.41, 5.74) is 1.15. The van der Waals surface area contributed by atoms with Crippen molar-refractivity contribution in [2.24, 2.45) is 5.92 Å². The Hall–Kier alpha value is -2.64. The van der Waals surface area contributed by atoms with E-state index in [4.69, 9.17) is 0 Å². The van der Waals surface area contributed by atoms with E-state index in [1.54, 1.807) is 24.8 Å². The standard InChI is InChI=1S/C19H26N4O4/c1-11-9-12(2)21-17(25)16(11)18(26)22-14-5-3-13(4-6-14)19(27)23-8-7-20-15(24)10-23/h9,13-14H,3-8,10H2,1-2H3,(H,20,24)(H,21,25)(H,22,26). The fourth-order valence-corrected chi connectivity index (χ4v) is 3.96. The highest BCUT2D eigenvalue weighted by Gasteiger charge is 2.32. The van der Waals surface area contributed by atoms with Crippen molar-refractivity contribution in [1.82, 2.24) is 20.5 Å². The third-order valence-electron chi connectivity index (χ3n) is 5.35. The van der Waals surface area contributed by atoms with Crippen molar-refractivity contribution in [2.75, 3.05) is 19.6 Å². The summed E-state index contributed by atoms with van der Waals surface area (Å²) in [5, 5.41) is 5.65. The van der Waals surface area contributed by atoms with Gasteiger partial charge in [0, 0.05) is 30.7 Å². The number of carbonyl (C=O) groups is 3. The molecule has 3 rings (SSSR count). The van der Waals surface area contributed by atoms with E-state index in [0.717, 1.165) is 5.69 Å². The van der Waals surface area contributed by atoms with Gasteiger partial charge in [-0.15, -0.1) is 0 Å². The second-order valence-electron chi connectivity index (χ2n) is 7.47. The normalized spacial score (nSPS) is 22.9. The van der Waals surface area contributed by atoms with Gasteiger partial charge in [0.2, 0.25) is 11.8 Å². The molecule has 0 aromatic carbocycles. The van der Waals surface area contributed by atoms with Crippen LogP contribution in [0.4, 0.5) is 0 Å². The lowest BCUT2D eigenvalue weighted by Gasteiger charge is -2.34. The molecule has 0 radical (unpaired) electrons. The summed E-state index contributed by atoms with van der Waals surface area (Å²) in [6.07, 6.45) is 2.71. The maximum absolute atomic E-state index is 12.6. The van der Waals surface area contributed by atoms with Crippen molar-refractivity contribution < 1.29 is 14.4 Å². The van der Waals surface area contributed by atoms with Crippen LogP contribution < -0.4 is 16.2 Å². The Labute approximate surface area is 157 Å². The van der Waals surface area contributed by atoms with E-state index >= 15 is 0 Å². The minimum Gasteiger partial charge on any atom is -0.353 e. The number of pyridine rings is 1. The number of H-pyrrole nitrogens is 1. The molecule has 1 saturated carbocycles. The van der Waals surface area contributed by atoms with Crippen molar-refractivity contribution in [2.45, 2.75) is 45.6 Å². The van der Waals surface area contributed by atoms with Crippen molar-refractivity contribution in [3.63, 3.8) is 0 Å². The molecule has 0 bridgehead atoms. The fraction of sp³-hybridized carbons (Fsp3) is 0.579. The predicted molar refractivity (Wildman–Crippen MR) is 99.3 cm³/mol. The van der Waals surface area contributed by atoms with E-state index in [9.17, 15) is 19.2 Å². The average molecular weight is 374 g/mol. The number of rotatable bonds is 3. The first-order valence-electron chi connectivity index (χ1n) is 9.42. The second-order valence-corrected chi connectivity index (χ2v) is 7.47. The molecule has 3 amide bonds. The molecule has 146 valence electrons. The lowest BCUT2D eigenvalue weighted by Crippen LogP contribution is -2.52. The molecular formula is C19H26N4O4. The van der Waals surface area contributed by atoms with Crippen LogP contribution in [0, 0.1) is 19.8 Å². The number of aryl methyl sites for hydroxylation is 2. The summed E-state index contributed by atoms with van der Waals surface area (Å²) in [4.78, 5) is 52.9. The van der Waals surface area contributed by atoms with E-state index in [1.165, 1.54) is 0 Å².